The molecule has 1 fully saturated rings. The van der Waals surface area contributed by atoms with Crippen LogP contribution in [0.4, 0.5) is 13.2 Å². The van der Waals surface area contributed by atoms with E-state index in [0.717, 1.165) is 30.8 Å². The summed E-state index contributed by atoms with van der Waals surface area (Å²) in [5, 5.41) is 2.78. The number of likely N-dealkylation sites (tertiary alicyclic amines) is 1. The van der Waals surface area contributed by atoms with Crippen LogP contribution in [0.3, 0.4) is 0 Å². The summed E-state index contributed by atoms with van der Waals surface area (Å²) in [4.78, 5) is 13.7. The smallest absolute Gasteiger partial charge is 0.351 e. The number of hydrogen-bond donors (Lipinski definition) is 2. The summed E-state index contributed by atoms with van der Waals surface area (Å²) < 4.78 is 66.6. The predicted molar refractivity (Wildman–Crippen MR) is 109 cm³/mol. The van der Waals surface area contributed by atoms with Crippen LogP contribution in [0.25, 0.3) is 0 Å². The molecule has 0 aliphatic carbocycles. The van der Waals surface area contributed by atoms with Crippen molar-refractivity contribution in [2.75, 3.05) is 13.1 Å². The van der Waals surface area contributed by atoms with E-state index in [9.17, 15) is 26.4 Å². The van der Waals surface area contributed by atoms with Crippen molar-refractivity contribution in [3.05, 3.63) is 65.7 Å². The van der Waals surface area contributed by atoms with Gasteiger partial charge in [0, 0.05) is 25.7 Å². The lowest BCUT2D eigenvalue weighted by Crippen LogP contribution is -2.48. The molecule has 0 radical (unpaired) electrons. The number of amides is 1. The van der Waals surface area contributed by atoms with Crippen LogP contribution in [-0.2, 0) is 27.5 Å². The fourth-order valence-corrected chi connectivity index (χ4v) is 4.98. The minimum atomic E-state index is -4.83. The Labute approximate surface area is 179 Å². The van der Waals surface area contributed by atoms with Gasteiger partial charge in [-0.05, 0) is 31.0 Å². The molecule has 31 heavy (non-hydrogen) atoms. The van der Waals surface area contributed by atoms with E-state index >= 15 is 0 Å². The first-order chi connectivity index (χ1) is 14.6. The van der Waals surface area contributed by atoms with Crippen molar-refractivity contribution >= 4 is 15.9 Å². The lowest BCUT2D eigenvalue weighted by Gasteiger charge is -2.20. The lowest BCUT2D eigenvalue weighted by atomic mass is 10.2. The summed E-state index contributed by atoms with van der Waals surface area (Å²) in [6.07, 6.45) is -4.13. The molecule has 2 atom stereocenters. The van der Waals surface area contributed by atoms with E-state index in [1.165, 1.54) is 13.0 Å². The number of benzene rings is 2. The maximum absolute atomic E-state index is 13.2. The summed E-state index contributed by atoms with van der Waals surface area (Å²) in [6, 6.07) is 12.4. The Bertz CT molecular complexity index is 1010. The maximum Gasteiger partial charge on any atom is 0.417 e. The van der Waals surface area contributed by atoms with Crippen LogP contribution in [-0.4, -0.2) is 44.4 Å². The van der Waals surface area contributed by atoms with Crippen molar-refractivity contribution in [2.45, 2.75) is 43.0 Å². The third-order valence-electron chi connectivity index (χ3n) is 5.07. The van der Waals surface area contributed by atoms with Crippen LogP contribution in [0, 0.1) is 0 Å². The Kier molecular flexibility index (Phi) is 7.03. The molecular formula is C21H24F3N3O3S. The highest BCUT2D eigenvalue weighted by atomic mass is 32.2. The van der Waals surface area contributed by atoms with Gasteiger partial charge in [-0.2, -0.15) is 17.9 Å². The van der Waals surface area contributed by atoms with Crippen molar-refractivity contribution in [1.82, 2.24) is 14.9 Å². The highest BCUT2D eigenvalue weighted by molar-refractivity contribution is 7.89. The van der Waals surface area contributed by atoms with Gasteiger partial charge in [0.05, 0.1) is 16.5 Å². The quantitative estimate of drug-likeness (QED) is 0.673. The molecule has 1 saturated heterocycles. The Morgan fingerprint density at radius 3 is 2.45 bits per heavy atom. The summed E-state index contributed by atoms with van der Waals surface area (Å²) in [5.74, 6) is -0.584. The lowest BCUT2D eigenvalue weighted by molar-refractivity contribution is -0.139. The molecule has 1 aliphatic rings. The standard InChI is InChI=1S/C21H24F3N3O3S/c1-15(26-31(29,30)19-10-6-5-9-18(19)21(22,23)24)20(28)25-17-11-12-27(14-17)13-16-7-3-2-4-8-16/h2-10,15,17,26H,11-14H2,1H3,(H,25,28). The predicted octanol–water partition coefficient (Wildman–Crippen LogP) is 2.76. The molecule has 0 saturated carbocycles. The number of nitrogens with one attached hydrogen (secondary N) is 2. The number of carbonyl (C=O) groups excluding carboxylic acids is 1. The monoisotopic (exact) mass is 455 g/mol. The van der Waals surface area contributed by atoms with E-state index in [-0.39, 0.29) is 6.04 Å². The number of halogens is 3. The fraction of sp³-hybridized carbons (Fsp3) is 0.381. The molecule has 2 unspecified atom stereocenters. The first kappa shape index (κ1) is 23.2. The molecule has 0 aromatic heterocycles. The van der Waals surface area contributed by atoms with Gasteiger partial charge >= 0.3 is 6.18 Å². The van der Waals surface area contributed by atoms with Gasteiger partial charge < -0.3 is 5.32 Å². The van der Waals surface area contributed by atoms with Crippen LogP contribution < -0.4 is 10.0 Å². The highest BCUT2D eigenvalue weighted by Gasteiger charge is 2.37. The average molecular weight is 456 g/mol. The molecular weight excluding hydrogens is 431 g/mol. The van der Waals surface area contributed by atoms with E-state index in [1.54, 1.807) is 0 Å². The second-order valence-electron chi connectivity index (χ2n) is 7.55. The van der Waals surface area contributed by atoms with Crippen LogP contribution in [0.5, 0.6) is 0 Å². The Morgan fingerprint density at radius 1 is 1.13 bits per heavy atom. The van der Waals surface area contributed by atoms with Gasteiger partial charge in [-0.25, -0.2) is 8.42 Å². The summed E-state index contributed by atoms with van der Waals surface area (Å²) in [7, 11) is -4.54. The number of rotatable bonds is 7. The molecule has 1 amide bonds. The average Bonchev–Trinajstić information content (AvgIpc) is 3.14. The zero-order chi connectivity index (χ0) is 22.6. The molecule has 168 valence electrons. The topological polar surface area (TPSA) is 78.5 Å². The summed E-state index contributed by atoms with van der Waals surface area (Å²) in [6.45, 7) is 3.43. The SMILES string of the molecule is CC(NS(=O)(=O)c1ccccc1C(F)(F)F)C(=O)NC1CCN(Cc2ccccc2)C1. The minimum Gasteiger partial charge on any atom is -0.351 e. The van der Waals surface area contributed by atoms with Crippen LogP contribution in [0.15, 0.2) is 59.5 Å². The number of hydrogen-bond acceptors (Lipinski definition) is 4. The minimum absolute atomic E-state index is 0.161. The summed E-state index contributed by atoms with van der Waals surface area (Å²) in [5.41, 5.74) is -0.124. The van der Waals surface area contributed by atoms with Crippen molar-refractivity contribution in [1.29, 1.82) is 0 Å². The Morgan fingerprint density at radius 2 is 1.77 bits per heavy atom. The molecule has 2 aromatic carbocycles. The van der Waals surface area contributed by atoms with E-state index < -0.39 is 38.6 Å². The normalized spacial score (nSPS) is 18.6. The van der Waals surface area contributed by atoms with E-state index in [2.05, 4.69) is 14.9 Å². The molecule has 10 heteroatoms. The summed E-state index contributed by atoms with van der Waals surface area (Å²) >= 11 is 0. The van der Waals surface area contributed by atoms with Gasteiger partial charge in [0.1, 0.15) is 0 Å². The first-order valence-electron chi connectivity index (χ1n) is 9.81. The largest absolute Gasteiger partial charge is 0.417 e. The fourth-order valence-electron chi connectivity index (χ4n) is 3.55. The second kappa shape index (κ2) is 9.37. The molecule has 2 N–H and O–H groups in total. The van der Waals surface area contributed by atoms with E-state index in [0.29, 0.717) is 19.0 Å². The number of sulfonamides is 1. The van der Waals surface area contributed by atoms with Gasteiger partial charge in [0.25, 0.3) is 0 Å². The van der Waals surface area contributed by atoms with Crippen LogP contribution >= 0.6 is 0 Å². The molecule has 6 nitrogen and oxygen atoms in total. The molecule has 1 heterocycles. The van der Waals surface area contributed by atoms with E-state index in [4.69, 9.17) is 0 Å². The van der Waals surface area contributed by atoms with Crippen LogP contribution in [0.1, 0.15) is 24.5 Å². The van der Waals surface area contributed by atoms with Crippen molar-refractivity contribution < 1.29 is 26.4 Å². The van der Waals surface area contributed by atoms with Crippen molar-refractivity contribution in [3.8, 4) is 0 Å². The molecule has 3 rings (SSSR count). The molecule has 2 aromatic rings. The third kappa shape index (κ3) is 6.05. The second-order valence-corrected chi connectivity index (χ2v) is 9.23. The van der Waals surface area contributed by atoms with Crippen molar-refractivity contribution in [3.63, 3.8) is 0 Å². The Balaban J connectivity index is 1.59. The molecule has 0 bridgehead atoms. The van der Waals surface area contributed by atoms with Crippen LogP contribution in [0.2, 0.25) is 0 Å². The highest BCUT2D eigenvalue weighted by Crippen LogP contribution is 2.33. The van der Waals surface area contributed by atoms with Crippen molar-refractivity contribution in [2.24, 2.45) is 0 Å². The zero-order valence-corrected chi connectivity index (χ0v) is 17.7. The number of alkyl halides is 3. The van der Waals surface area contributed by atoms with Gasteiger partial charge in [-0.3, -0.25) is 9.69 Å². The number of carbonyl (C=O) groups is 1. The van der Waals surface area contributed by atoms with Gasteiger partial charge in [0.2, 0.25) is 15.9 Å². The first-order valence-corrected chi connectivity index (χ1v) is 11.3. The molecule has 1 aliphatic heterocycles. The maximum atomic E-state index is 13.2. The van der Waals surface area contributed by atoms with E-state index in [1.807, 2.05) is 30.3 Å². The van der Waals surface area contributed by atoms with Gasteiger partial charge in [0.15, 0.2) is 0 Å². The Hall–Kier alpha value is -2.43. The zero-order valence-electron chi connectivity index (χ0n) is 16.9. The number of nitrogens with zero attached hydrogens (tertiary/aromatic N) is 1. The van der Waals surface area contributed by atoms with Gasteiger partial charge in [-0.15, -0.1) is 0 Å². The third-order valence-corrected chi connectivity index (χ3v) is 6.67. The molecule has 0 spiro atoms. The van der Waals surface area contributed by atoms with Gasteiger partial charge in [-0.1, -0.05) is 42.5 Å².